The van der Waals surface area contributed by atoms with Gasteiger partial charge in [-0.3, -0.25) is 14.7 Å². The van der Waals surface area contributed by atoms with E-state index >= 15 is 0 Å². The predicted octanol–water partition coefficient (Wildman–Crippen LogP) is 2.63. The second kappa shape index (κ2) is 4.71. The summed E-state index contributed by atoms with van der Waals surface area (Å²) in [6.07, 6.45) is 1.55. The number of nitro groups is 1. The van der Waals surface area contributed by atoms with Crippen LogP contribution in [0.15, 0.2) is 48.8 Å². The summed E-state index contributed by atoms with van der Waals surface area (Å²) < 4.78 is 1.67. The Bertz CT molecular complexity index is 870. The van der Waals surface area contributed by atoms with Crippen molar-refractivity contribution in [2.75, 3.05) is 0 Å². The number of fused-ring (bicyclic) bond motifs is 1. The average Bonchev–Trinajstić information content (AvgIpc) is 2.90. The van der Waals surface area contributed by atoms with Gasteiger partial charge in [0.2, 0.25) is 0 Å². The molecule has 0 bridgehead atoms. The molecule has 0 radical (unpaired) electrons. The smallest absolute Gasteiger partial charge is 0.342 e. The molecule has 2 aromatic carbocycles. The van der Waals surface area contributed by atoms with Gasteiger partial charge in [0.05, 0.1) is 21.6 Å². The zero-order chi connectivity index (χ0) is 15.0. The van der Waals surface area contributed by atoms with Crippen LogP contribution in [-0.2, 0) is 0 Å². The fourth-order valence-corrected chi connectivity index (χ4v) is 2.17. The van der Waals surface area contributed by atoms with Crippen molar-refractivity contribution < 1.29 is 14.8 Å². The van der Waals surface area contributed by atoms with E-state index in [-0.39, 0.29) is 5.56 Å². The topological polar surface area (TPSA) is 98.3 Å². The lowest BCUT2D eigenvalue weighted by Crippen LogP contribution is -2.04. The highest BCUT2D eigenvalue weighted by Crippen LogP contribution is 2.25. The molecule has 0 aliphatic carbocycles. The minimum Gasteiger partial charge on any atom is -0.477 e. The summed E-state index contributed by atoms with van der Waals surface area (Å²) in [5.41, 5.74) is 1.24. The molecule has 104 valence electrons. The molecule has 0 aliphatic heterocycles. The number of benzene rings is 2. The molecule has 0 aliphatic rings. The van der Waals surface area contributed by atoms with Crippen LogP contribution >= 0.6 is 0 Å². The highest BCUT2D eigenvalue weighted by Gasteiger charge is 2.20. The molecule has 3 rings (SSSR count). The highest BCUT2D eigenvalue weighted by atomic mass is 16.6. The Balaban J connectivity index is 2.22. The van der Waals surface area contributed by atoms with Crippen molar-refractivity contribution in [1.29, 1.82) is 0 Å². The predicted molar refractivity (Wildman–Crippen MR) is 74.7 cm³/mol. The number of para-hydroxylation sites is 2. The van der Waals surface area contributed by atoms with Crippen LogP contribution in [0.3, 0.4) is 0 Å². The number of hydrogen-bond donors (Lipinski definition) is 1. The van der Waals surface area contributed by atoms with Gasteiger partial charge in [-0.05, 0) is 24.3 Å². The molecule has 1 heterocycles. The second-order valence-electron chi connectivity index (χ2n) is 4.37. The van der Waals surface area contributed by atoms with Crippen molar-refractivity contribution >= 4 is 22.7 Å². The fourth-order valence-electron chi connectivity index (χ4n) is 2.17. The third-order valence-electron chi connectivity index (χ3n) is 3.14. The first kappa shape index (κ1) is 12.8. The van der Waals surface area contributed by atoms with Gasteiger partial charge in [0.15, 0.2) is 0 Å². The van der Waals surface area contributed by atoms with Gasteiger partial charge >= 0.3 is 5.97 Å². The summed E-state index contributed by atoms with van der Waals surface area (Å²) in [6.45, 7) is 0. The van der Waals surface area contributed by atoms with Gasteiger partial charge in [-0.2, -0.15) is 0 Å². The van der Waals surface area contributed by atoms with Crippen LogP contribution in [0, 0.1) is 10.1 Å². The molecule has 0 amide bonds. The van der Waals surface area contributed by atoms with Crippen molar-refractivity contribution in [3.8, 4) is 5.69 Å². The summed E-state index contributed by atoms with van der Waals surface area (Å²) in [7, 11) is 0. The summed E-state index contributed by atoms with van der Waals surface area (Å²) in [6, 6.07) is 11.3. The molecule has 0 atom stereocenters. The van der Waals surface area contributed by atoms with Crippen LogP contribution in [0.1, 0.15) is 10.4 Å². The molecule has 3 aromatic rings. The molecule has 0 saturated carbocycles. The van der Waals surface area contributed by atoms with Gasteiger partial charge in [-0.1, -0.05) is 12.1 Å². The van der Waals surface area contributed by atoms with Crippen molar-refractivity contribution in [1.82, 2.24) is 9.55 Å². The zero-order valence-electron chi connectivity index (χ0n) is 10.6. The summed E-state index contributed by atoms with van der Waals surface area (Å²) in [5, 5.41) is 20.0. The highest BCUT2D eigenvalue weighted by molar-refractivity contribution is 5.93. The molecule has 0 spiro atoms. The van der Waals surface area contributed by atoms with Gasteiger partial charge in [-0.25, -0.2) is 9.78 Å². The molecule has 21 heavy (non-hydrogen) atoms. The van der Waals surface area contributed by atoms with Crippen molar-refractivity contribution in [3.63, 3.8) is 0 Å². The largest absolute Gasteiger partial charge is 0.477 e. The number of imidazole rings is 1. The Labute approximate surface area is 118 Å². The van der Waals surface area contributed by atoms with Crippen LogP contribution in [0.2, 0.25) is 0 Å². The summed E-state index contributed by atoms with van der Waals surface area (Å²) in [4.78, 5) is 25.5. The number of rotatable bonds is 3. The second-order valence-corrected chi connectivity index (χ2v) is 4.37. The van der Waals surface area contributed by atoms with Gasteiger partial charge in [0, 0.05) is 6.07 Å². The first-order valence-corrected chi connectivity index (χ1v) is 6.02. The number of aromatic nitrogens is 2. The zero-order valence-corrected chi connectivity index (χ0v) is 10.6. The quantitative estimate of drug-likeness (QED) is 0.588. The lowest BCUT2D eigenvalue weighted by molar-refractivity contribution is -0.385. The third kappa shape index (κ3) is 2.10. The van der Waals surface area contributed by atoms with E-state index in [4.69, 9.17) is 5.11 Å². The molecule has 7 heteroatoms. The van der Waals surface area contributed by atoms with E-state index < -0.39 is 16.6 Å². The molecule has 1 aromatic heterocycles. The maximum absolute atomic E-state index is 11.0. The van der Waals surface area contributed by atoms with E-state index in [0.717, 1.165) is 11.0 Å². The minimum absolute atomic E-state index is 0.340. The van der Waals surface area contributed by atoms with Gasteiger partial charge in [-0.15, -0.1) is 0 Å². The minimum atomic E-state index is -1.33. The SMILES string of the molecule is O=C(O)c1ccc(-n2cnc3ccccc32)cc1[N+](=O)[O-]. The number of nitro benzene ring substituents is 1. The normalized spacial score (nSPS) is 10.7. The Morgan fingerprint density at radius 1 is 1.24 bits per heavy atom. The van der Waals surface area contributed by atoms with Gasteiger partial charge < -0.3 is 5.11 Å². The van der Waals surface area contributed by atoms with E-state index in [9.17, 15) is 14.9 Å². The molecular formula is C14H9N3O4. The molecular weight excluding hydrogens is 274 g/mol. The van der Waals surface area contributed by atoms with E-state index in [1.54, 1.807) is 10.9 Å². The fraction of sp³-hybridized carbons (Fsp3) is 0. The molecule has 0 saturated heterocycles. The number of carboxylic acids is 1. The number of carbonyl (C=O) groups is 1. The Kier molecular flexibility index (Phi) is 2.87. The van der Waals surface area contributed by atoms with Gasteiger partial charge in [0.25, 0.3) is 5.69 Å². The van der Waals surface area contributed by atoms with E-state index in [1.165, 1.54) is 18.2 Å². The van der Waals surface area contributed by atoms with Crippen LogP contribution in [0.4, 0.5) is 5.69 Å². The average molecular weight is 283 g/mol. The number of aromatic carboxylic acids is 1. The molecule has 1 N–H and O–H groups in total. The van der Waals surface area contributed by atoms with Crippen LogP contribution in [-0.4, -0.2) is 25.6 Å². The summed E-state index contributed by atoms with van der Waals surface area (Å²) in [5.74, 6) is -1.33. The maximum Gasteiger partial charge on any atom is 0.342 e. The number of hydrogen-bond acceptors (Lipinski definition) is 4. The van der Waals surface area contributed by atoms with Gasteiger partial charge in [0.1, 0.15) is 11.9 Å². The maximum atomic E-state index is 11.0. The lowest BCUT2D eigenvalue weighted by atomic mass is 10.1. The molecule has 0 fully saturated rings. The van der Waals surface area contributed by atoms with Crippen molar-refractivity contribution in [2.24, 2.45) is 0 Å². The van der Waals surface area contributed by atoms with Crippen LogP contribution in [0.5, 0.6) is 0 Å². The van der Waals surface area contributed by atoms with Crippen molar-refractivity contribution in [2.45, 2.75) is 0 Å². The summed E-state index contributed by atoms with van der Waals surface area (Å²) >= 11 is 0. The number of carboxylic acid groups (broad SMARTS) is 1. The Morgan fingerprint density at radius 2 is 2.00 bits per heavy atom. The third-order valence-corrected chi connectivity index (χ3v) is 3.14. The van der Waals surface area contributed by atoms with E-state index in [1.807, 2.05) is 24.3 Å². The first-order valence-electron chi connectivity index (χ1n) is 6.02. The van der Waals surface area contributed by atoms with Crippen LogP contribution < -0.4 is 0 Å². The molecule has 0 unspecified atom stereocenters. The van der Waals surface area contributed by atoms with E-state index in [2.05, 4.69) is 4.98 Å². The van der Waals surface area contributed by atoms with Crippen molar-refractivity contribution in [3.05, 3.63) is 64.5 Å². The molecule has 7 nitrogen and oxygen atoms in total. The Morgan fingerprint density at radius 3 is 2.71 bits per heavy atom. The number of nitrogens with zero attached hydrogens (tertiary/aromatic N) is 3. The lowest BCUT2D eigenvalue weighted by Gasteiger charge is -2.05. The standard InChI is InChI=1S/C14H9N3O4/c18-14(19)10-6-5-9(7-13(10)17(20)21)16-8-15-11-3-1-2-4-12(11)16/h1-8H,(H,18,19). The first-order chi connectivity index (χ1) is 10.1. The van der Waals surface area contributed by atoms with Crippen LogP contribution in [0.25, 0.3) is 16.7 Å². The monoisotopic (exact) mass is 283 g/mol. The Hall–Kier alpha value is -3.22. The van der Waals surface area contributed by atoms with E-state index in [0.29, 0.717) is 5.69 Å².